The summed E-state index contributed by atoms with van der Waals surface area (Å²) in [5, 5.41) is 6.94. The minimum absolute atomic E-state index is 0.00795. The van der Waals surface area contributed by atoms with Crippen LogP contribution >= 0.6 is 0 Å². The zero-order valence-corrected chi connectivity index (χ0v) is 18.4. The molecule has 1 unspecified atom stereocenters. The minimum Gasteiger partial charge on any atom is -0.369 e. The fourth-order valence-electron chi connectivity index (χ4n) is 4.28. The normalized spacial score (nSPS) is 21.8. The van der Waals surface area contributed by atoms with Gasteiger partial charge in [0.05, 0.1) is 18.0 Å². The fourth-order valence-corrected chi connectivity index (χ4v) is 5.87. The summed E-state index contributed by atoms with van der Waals surface area (Å²) in [5.41, 5.74) is 2.12. The van der Waals surface area contributed by atoms with E-state index in [1.807, 2.05) is 72.8 Å². The third-order valence-corrected chi connectivity index (χ3v) is 7.75. The number of hydrogen-bond donors (Lipinski definition) is 2. The Balaban J connectivity index is 1.44. The van der Waals surface area contributed by atoms with Crippen molar-refractivity contribution in [2.24, 2.45) is 4.99 Å². The molecule has 2 aromatic carbocycles. The van der Waals surface area contributed by atoms with E-state index in [2.05, 4.69) is 15.6 Å². The number of hydrogen-bond acceptors (Lipinski definition) is 5. The van der Waals surface area contributed by atoms with E-state index in [0.29, 0.717) is 31.9 Å². The van der Waals surface area contributed by atoms with Crippen LogP contribution in [0, 0.1) is 0 Å². The standard InChI is InChI=1S/C24H25N5O2S/c30-32(31,17-20-10-5-2-6-11-20)29-15-13-24(18-29)23(26-16-19-8-3-1-4-9-19)27-22-21(28-24)12-7-14-25-22/h1-12,14,28H,13,15-18H2,(H,25,26,27). The first-order chi connectivity index (χ1) is 15.5. The number of nitrogens with zero attached hydrogens (tertiary/aromatic N) is 3. The maximum atomic E-state index is 13.2. The molecule has 0 aliphatic carbocycles. The molecule has 8 heteroatoms. The van der Waals surface area contributed by atoms with Gasteiger partial charge >= 0.3 is 0 Å². The molecule has 1 spiro atoms. The Labute approximate surface area is 188 Å². The van der Waals surface area contributed by atoms with Gasteiger partial charge in [0.2, 0.25) is 10.0 Å². The van der Waals surface area contributed by atoms with Crippen LogP contribution in [0.2, 0.25) is 0 Å². The minimum atomic E-state index is -3.46. The van der Waals surface area contributed by atoms with Crippen molar-refractivity contribution in [3.63, 3.8) is 0 Å². The summed E-state index contributed by atoms with van der Waals surface area (Å²) in [6.07, 6.45) is 2.35. The van der Waals surface area contributed by atoms with E-state index in [9.17, 15) is 8.42 Å². The van der Waals surface area contributed by atoms with E-state index in [1.54, 1.807) is 10.5 Å². The first-order valence-electron chi connectivity index (χ1n) is 10.6. The Morgan fingerprint density at radius 3 is 2.44 bits per heavy atom. The number of amidine groups is 1. The Morgan fingerprint density at radius 2 is 1.69 bits per heavy atom. The van der Waals surface area contributed by atoms with Crippen LogP contribution in [0.1, 0.15) is 17.5 Å². The number of pyridine rings is 1. The predicted octanol–water partition coefficient (Wildman–Crippen LogP) is 3.49. The van der Waals surface area contributed by atoms with Gasteiger partial charge in [0.15, 0.2) is 5.82 Å². The molecule has 0 saturated carbocycles. The third kappa shape index (κ3) is 4.11. The average molecular weight is 448 g/mol. The molecule has 2 aliphatic rings. The maximum Gasteiger partial charge on any atom is 0.218 e. The van der Waals surface area contributed by atoms with Crippen molar-refractivity contribution in [2.45, 2.75) is 24.3 Å². The van der Waals surface area contributed by atoms with Crippen LogP contribution in [0.3, 0.4) is 0 Å². The van der Waals surface area contributed by atoms with Crippen molar-refractivity contribution in [3.8, 4) is 0 Å². The molecule has 1 fully saturated rings. The van der Waals surface area contributed by atoms with Crippen LogP contribution in [0.5, 0.6) is 0 Å². The van der Waals surface area contributed by atoms with Gasteiger partial charge in [0.1, 0.15) is 11.4 Å². The van der Waals surface area contributed by atoms with E-state index < -0.39 is 15.6 Å². The second kappa shape index (κ2) is 8.37. The van der Waals surface area contributed by atoms with Gasteiger partial charge in [-0.15, -0.1) is 0 Å². The van der Waals surface area contributed by atoms with Gasteiger partial charge in [0.25, 0.3) is 0 Å². The van der Waals surface area contributed by atoms with Crippen molar-refractivity contribution in [3.05, 3.63) is 90.1 Å². The predicted molar refractivity (Wildman–Crippen MR) is 127 cm³/mol. The molecule has 0 amide bonds. The number of aliphatic imine (C=N–C) groups is 1. The fraction of sp³-hybridized carbons (Fsp3) is 0.250. The molecule has 5 rings (SSSR count). The van der Waals surface area contributed by atoms with Gasteiger partial charge in [-0.3, -0.25) is 4.99 Å². The Hall–Kier alpha value is -3.23. The van der Waals surface area contributed by atoms with Crippen molar-refractivity contribution in [1.82, 2.24) is 9.29 Å². The first-order valence-corrected chi connectivity index (χ1v) is 12.3. The molecule has 0 radical (unpaired) electrons. The van der Waals surface area contributed by atoms with Gasteiger partial charge in [-0.1, -0.05) is 60.7 Å². The number of rotatable bonds is 5. The number of anilines is 2. The summed E-state index contributed by atoms with van der Waals surface area (Å²) in [6, 6.07) is 23.1. The summed E-state index contributed by atoms with van der Waals surface area (Å²) in [4.78, 5) is 9.29. The van der Waals surface area contributed by atoms with Gasteiger partial charge in [0, 0.05) is 19.3 Å². The lowest BCUT2D eigenvalue weighted by atomic mass is 9.94. The number of benzene rings is 2. The molecule has 3 aromatic rings. The van der Waals surface area contributed by atoms with Crippen molar-refractivity contribution in [1.29, 1.82) is 0 Å². The van der Waals surface area contributed by atoms with E-state index in [0.717, 1.165) is 22.6 Å². The monoisotopic (exact) mass is 447 g/mol. The summed E-state index contributed by atoms with van der Waals surface area (Å²) >= 11 is 0. The smallest absolute Gasteiger partial charge is 0.218 e. The summed E-state index contributed by atoms with van der Waals surface area (Å²) < 4.78 is 27.9. The Bertz CT molecular complexity index is 1230. The third-order valence-electron chi connectivity index (χ3n) is 5.95. The molecule has 7 nitrogen and oxygen atoms in total. The molecule has 0 bridgehead atoms. The first kappa shape index (κ1) is 20.7. The highest BCUT2D eigenvalue weighted by atomic mass is 32.2. The second-order valence-electron chi connectivity index (χ2n) is 8.21. The molecule has 2 aliphatic heterocycles. The molecule has 1 saturated heterocycles. The van der Waals surface area contributed by atoms with E-state index in [4.69, 9.17) is 4.99 Å². The van der Waals surface area contributed by atoms with Crippen LogP contribution in [-0.4, -0.2) is 42.2 Å². The van der Waals surface area contributed by atoms with Crippen LogP contribution in [-0.2, 0) is 22.3 Å². The molecule has 32 heavy (non-hydrogen) atoms. The molecule has 3 heterocycles. The zero-order chi connectivity index (χ0) is 22.0. The van der Waals surface area contributed by atoms with E-state index in [1.165, 1.54) is 0 Å². The lowest BCUT2D eigenvalue weighted by Gasteiger charge is -2.38. The molecule has 164 valence electrons. The SMILES string of the molecule is O=S(=O)(Cc1ccccc1)N1CCC2(C1)Nc1cccnc1NC2=NCc1ccccc1. The van der Waals surface area contributed by atoms with Crippen LogP contribution in [0.4, 0.5) is 11.5 Å². The highest BCUT2D eigenvalue weighted by Gasteiger charge is 2.48. The lowest BCUT2D eigenvalue weighted by Crippen LogP contribution is -2.55. The van der Waals surface area contributed by atoms with Gasteiger partial charge in [-0.05, 0) is 29.7 Å². The highest BCUT2D eigenvalue weighted by Crippen LogP contribution is 2.36. The highest BCUT2D eigenvalue weighted by molar-refractivity contribution is 7.88. The summed E-state index contributed by atoms with van der Waals surface area (Å²) in [7, 11) is -3.46. The number of nitrogens with one attached hydrogen (secondary N) is 2. The zero-order valence-electron chi connectivity index (χ0n) is 17.6. The number of sulfonamides is 1. The summed E-state index contributed by atoms with van der Waals surface area (Å²) in [5.74, 6) is 1.42. The van der Waals surface area contributed by atoms with Gasteiger partial charge in [-0.25, -0.2) is 13.4 Å². The largest absolute Gasteiger partial charge is 0.369 e. The maximum absolute atomic E-state index is 13.2. The number of aromatic nitrogens is 1. The molecule has 2 N–H and O–H groups in total. The van der Waals surface area contributed by atoms with Crippen LogP contribution < -0.4 is 10.6 Å². The number of fused-ring (bicyclic) bond motifs is 1. The van der Waals surface area contributed by atoms with E-state index in [-0.39, 0.29) is 5.75 Å². The van der Waals surface area contributed by atoms with Gasteiger partial charge < -0.3 is 10.6 Å². The van der Waals surface area contributed by atoms with Crippen LogP contribution in [0.25, 0.3) is 0 Å². The van der Waals surface area contributed by atoms with Crippen molar-refractivity contribution in [2.75, 3.05) is 23.7 Å². The molecule has 1 atom stereocenters. The topological polar surface area (TPSA) is 86.7 Å². The van der Waals surface area contributed by atoms with Crippen LogP contribution in [0.15, 0.2) is 84.0 Å². The lowest BCUT2D eigenvalue weighted by molar-refractivity contribution is 0.466. The van der Waals surface area contributed by atoms with Gasteiger partial charge in [-0.2, -0.15) is 4.31 Å². The molecular weight excluding hydrogens is 422 g/mol. The second-order valence-corrected chi connectivity index (χ2v) is 10.2. The van der Waals surface area contributed by atoms with Crippen molar-refractivity contribution >= 4 is 27.4 Å². The Kier molecular flexibility index (Phi) is 5.40. The quantitative estimate of drug-likeness (QED) is 0.625. The Morgan fingerprint density at radius 1 is 0.969 bits per heavy atom. The van der Waals surface area contributed by atoms with E-state index >= 15 is 0 Å². The summed E-state index contributed by atoms with van der Waals surface area (Å²) in [6.45, 7) is 1.26. The van der Waals surface area contributed by atoms with Crippen molar-refractivity contribution < 1.29 is 8.42 Å². The molecule has 1 aromatic heterocycles. The molecular formula is C24H25N5O2S. The average Bonchev–Trinajstić information content (AvgIpc) is 3.24.